The lowest BCUT2D eigenvalue weighted by Gasteiger charge is -2.20. The number of rotatable bonds is 11. The number of phenolic OH excluding ortho intramolecular Hbond substituents is 1. The summed E-state index contributed by atoms with van der Waals surface area (Å²) in [7, 11) is -2.68. The molecule has 0 amide bonds. The number of carbonyl (C=O) groups is 1. The first-order valence-electron chi connectivity index (χ1n) is 12.8. The summed E-state index contributed by atoms with van der Waals surface area (Å²) in [5.41, 5.74) is 11.3. The highest BCUT2D eigenvalue weighted by atomic mass is 32.2. The Labute approximate surface area is 245 Å². The number of nitrogen functional groups attached to an aromatic ring is 1. The van der Waals surface area contributed by atoms with Crippen LogP contribution in [-0.2, 0) is 19.4 Å². The van der Waals surface area contributed by atoms with Crippen molar-refractivity contribution in [3.05, 3.63) is 65.4 Å². The Balaban J connectivity index is 1.77. The molecule has 0 radical (unpaired) electrons. The van der Waals surface area contributed by atoms with E-state index in [1.807, 2.05) is 0 Å². The maximum atomic E-state index is 15.6. The lowest BCUT2D eigenvalue weighted by atomic mass is 10.1. The minimum Gasteiger partial charge on any atom is -0.504 e. The molecule has 1 atom stereocenters. The Hall–Kier alpha value is -4.83. The van der Waals surface area contributed by atoms with Gasteiger partial charge in [-0.2, -0.15) is 4.39 Å². The summed E-state index contributed by atoms with van der Waals surface area (Å²) in [6.45, 7) is 1.75. The van der Waals surface area contributed by atoms with Crippen LogP contribution in [-0.4, -0.2) is 79.6 Å². The summed E-state index contributed by atoms with van der Waals surface area (Å²) in [6, 6.07) is 7.11. The van der Waals surface area contributed by atoms with Crippen molar-refractivity contribution in [2.24, 2.45) is 16.5 Å². The van der Waals surface area contributed by atoms with Crippen LogP contribution >= 0.6 is 0 Å². The molecule has 13 nitrogen and oxygen atoms in total. The standard InChI is InChI=1S/C27H28F2N6O7S/c1-3-40-27(37)21(12-30)43(38,39)15-5-7-19(16(11-15)25-33-8-9-35(25)2)41-23-17(28)13-34-26(22(23)29)42-20-10-14(24(31)32)4-6-18(20)36/h4-7,10-11,13,21,36H,3,8-9,12,30H2,1-2H3,(H3,31,32). The monoisotopic (exact) mass is 618 g/mol. The van der Waals surface area contributed by atoms with Gasteiger partial charge in [-0.3, -0.25) is 15.2 Å². The van der Waals surface area contributed by atoms with Gasteiger partial charge in [0.2, 0.25) is 11.6 Å². The number of esters is 1. The number of ether oxygens (including phenoxy) is 3. The fourth-order valence-electron chi connectivity index (χ4n) is 4.10. The van der Waals surface area contributed by atoms with Crippen molar-refractivity contribution in [2.75, 3.05) is 33.3 Å². The molecule has 16 heteroatoms. The van der Waals surface area contributed by atoms with Gasteiger partial charge >= 0.3 is 5.97 Å². The zero-order valence-electron chi connectivity index (χ0n) is 23.0. The fourth-order valence-corrected chi connectivity index (χ4v) is 5.54. The second-order valence-electron chi connectivity index (χ2n) is 9.16. The molecule has 1 aromatic heterocycles. The molecule has 1 unspecified atom stereocenters. The van der Waals surface area contributed by atoms with Gasteiger partial charge in [0, 0.05) is 25.7 Å². The quantitative estimate of drug-likeness (QED) is 0.139. The summed E-state index contributed by atoms with van der Waals surface area (Å²) in [5, 5.41) is 16.0. The second kappa shape index (κ2) is 12.6. The molecular formula is C27H28F2N6O7S. The van der Waals surface area contributed by atoms with Gasteiger partial charge in [0.1, 0.15) is 17.4 Å². The number of amidine groups is 2. The number of aromatic nitrogens is 1. The molecule has 228 valence electrons. The van der Waals surface area contributed by atoms with E-state index in [0.29, 0.717) is 19.3 Å². The zero-order valence-corrected chi connectivity index (χ0v) is 23.8. The van der Waals surface area contributed by atoms with Crippen LogP contribution in [0.1, 0.15) is 18.1 Å². The van der Waals surface area contributed by atoms with Crippen molar-refractivity contribution in [3.63, 3.8) is 0 Å². The highest BCUT2D eigenvalue weighted by molar-refractivity contribution is 7.92. The Morgan fingerprint density at radius 2 is 1.93 bits per heavy atom. The number of sulfone groups is 1. The van der Waals surface area contributed by atoms with Crippen molar-refractivity contribution in [1.82, 2.24) is 9.88 Å². The Kier molecular flexibility index (Phi) is 9.10. The zero-order chi connectivity index (χ0) is 31.5. The van der Waals surface area contributed by atoms with E-state index in [4.69, 9.17) is 31.1 Å². The molecule has 3 aromatic rings. The average Bonchev–Trinajstić information content (AvgIpc) is 3.39. The number of halogens is 2. The molecular weight excluding hydrogens is 590 g/mol. The minimum absolute atomic E-state index is 0.0545. The number of pyridine rings is 1. The van der Waals surface area contributed by atoms with Crippen molar-refractivity contribution >= 4 is 27.5 Å². The number of aliphatic imine (C=N–C) groups is 1. The first kappa shape index (κ1) is 31.1. The van der Waals surface area contributed by atoms with Gasteiger partial charge in [-0.05, 0) is 43.3 Å². The number of hydrogen-bond acceptors (Lipinski definition) is 12. The summed E-state index contributed by atoms with van der Waals surface area (Å²) in [6.07, 6.45) is 0.628. The summed E-state index contributed by atoms with van der Waals surface area (Å²) >= 11 is 0. The van der Waals surface area contributed by atoms with Gasteiger partial charge in [0.15, 0.2) is 32.4 Å². The van der Waals surface area contributed by atoms with Gasteiger partial charge < -0.3 is 35.7 Å². The van der Waals surface area contributed by atoms with E-state index in [1.54, 1.807) is 11.9 Å². The van der Waals surface area contributed by atoms with E-state index in [1.165, 1.54) is 31.2 Å². The number of aromatic hydroxyl groups is 1. The normalized spacial score (nSPS) is 13.8. The average molecular weight is 619 g/mol. The number of nitrogens with one attached hydrogen (secondary N) is 1. The van der Waals surface area contributed by atoms with E-state index in [-0.39, 0.29) is 45.8 Å². The second-order valence-corrected chi connectivity index (χ2v) is 11.3. The number of likely N-dealkylation sites (N-methyl/N-ethyl adjacent to an activating group) is 1. The molecule has 43 heavy (non-hydrogen) atoms. The first-order valence-corrected chi connectivity index (χ1v) is 14.3. The van der Waals surface area contributed by atoms with Crippen molar-refractivity contribution in [3.8, 4) is 28.9 Å². The maximum absolute atomic E-state index is 15.6. The van der Waals surface area contributed by atoms with Gasteiger partial charge in [-0.15, -0.1) is 0 Å². The number of phenols is 1. The third-order valence-electron chi connectivity index (χ3n) is 6.31. The number of carbonyl (C=O) groups excluding carboxylic acids is 1. The van der Waals surface area contributed by atoms with E-state index < -0.39 is 56.6 Å². The Morgan fingerprint density at radius 1 is 1.19 bits per heavy atom. The molecule has 4 rings (SSSR count). The van der Waals surface area contributed by atoms with E-state index in [9.17, 15) is 22.7 Å². The molecule has 1 aliphatic rings. The SMILES string of the molecule is CCOC(=O)C(CN)S(=O)(=O)c1ccc(Oc2c(F)cnc(Oc3cc(C(=N)N)ccc3O)c2F)c(C2=NCCN2C)c1. The lowest BCUT2D eigenvalue weighted by molar-refractivity contribution is -0.142. The predicted molar refractivity (Wildman–Crippen MR) is 151 cm³/mol. The minimum atomic E-state index is -4.36. The largest absolute Gasteiger partial charge is 0.504 e. The topological polar surface area (TPSA) is 204 Å². The Morgan fingerprint density at radius 3 is 2.56 bits per heavy atom. The third-order valence-corrected chi connectivity index (χ3v) is 8.35. The molecule has 0 saturated carbocycles. The van der Waals surface area contributed by atoms with Gasteiger partial charge in [-0.1, -0.05) is 0 Å². The predicted octanol–water partition coefficient (Wildman–Crippen LogP) is 2.29. The van der Waals surface area contributed by atoms with Crippen LogP contribution in [0.25, 0.3) is 0 Å². The van der Waals surface area contributed by atoms with Crippen LogP contribution in [0, 0.1) is 17.0 Å². The van der Waals surface area contributed by atoms with Gasteiger partial charge in [0.05, 0.1) is 29.8 Å². The lowest BCUT2D eigenvalue weighted by Crippen LogP contribution is -2.38. The molecule has 6 N–H and O–H groups in total. The summed E-state index contributed by atoms with van der Waals surface area (Å²) in [5.74, 6) is -6.35. The highest BCUT2D eigenvalue weighted by Gasteiger charge is 2.35. The van der Waals surface area contributed by atoms with Crippen LogP contribution < -0.4 is 20.9 Å². The molecule has 0 bridgehead atoms. The van der Waals surface area contributed by atoms with Crippen molar-refractivity contribution in [2.45, 2.75) is 17.1 Å². The Bertz CT molecular complexity index is 1720. The summed E-state index contributed by atoms with van der Waals surface area (Å²) in [4.78, 5) is 21.7. The van der Waals surface area contributed by atoms with E-state index in [0.717, 1.165) is 12.1 Å². The van der Waals surface area contributed by atoms with Crippen LogP contribution in [0.2, 0.25) is 0 Å². The molecule has 0 aliphatic carbocycles. The smallest absolute Gasteiger partial charge is 0.326 e. The maximum Gasteiger partial charge on any atom is 0.326 e. The van der Waals surface area contributed by atoms with E-state index >= 15 is 4.39 Å². The van der Waals surface area contributed by atoms with Gasteiger partial charge in [0.25, 0.3) is 5.88 Å². The van der Waals surface area contributed by atoms with Crippen LogP contribution in [0.5, 0.6) is 28.9 Å². The first-order chi connectivity index (χ1) is 20.4. The number of hydrogen-bond donors (Lipinski definition) is 4. The fraction of sp³-hybridized carbons (Fsp3) is 0.259. The number of benzene rings is 2. The summed E-state index contributed by atoms with van der Waals surface area (Å²) < 4.78 is 73.0. The van der Waals surface area contributed by atoms with Gasteiger partial charge in [-0.25, -0.2) is 17.8 Å². The van der Waals surface area contributed by atoms with Crippen LogP contribution in [0.3, 0.4) is 0 Å². The van der Waals surface area contributed by atoms with Crippen molar-refractivity contribution < 1.29 is 41.3 Å². The molecule has 2 aromatic carbocycles. The van der Waals surface area contributed by atoms with Crippen LogP contribution in [0.15, 0.2) is 52.5 Å². The number of nitrogens with two attached hydrogens (primary N) is 2. The molecule has 0 saturated heterocycles. The third kappa shape index (κ3) is 6.34. The molecule has 1 aliphatic heterocycles. The highest BCUT2D eigenvalue weighted by Crippen LogP contribution is 2.38. The van der Waals surface area contributed by atoms with E-state index in [2.05, 4.69) is 9.98 Å². The molecule has 0 spiro atoms. The molecule has 2 heterocycles. The van der Waals surface area contributed by atoms with Crippen molar-refractivity contribution in [1.29, 1.82) is 5.41 Å². The number of nitrogens with zero attached hydrogens (tertiary/aromatic N) is 3. The molecule has 0 fully saturated rings. The van der Waals surface area contributed by atoms with Crippen LogP contribution in [0.4, 0.5) is 8.78 Å².